The molecule has 1 unspecified atom stereocenters. The minimum absolute atomic E-state index is 0.145. The minimum Gasteiger partial charge on any atom is -0.361 e. The van der Waals surface area contributed by atoms with Crippen molar-refractivity contribution in [2.24, 2.45) is 0 Å². The zero-order chi connectivity index (χ0) is 16.3. The van der Waals surface area contributed by atoms with Crippen molar-refractivity contribution in [2.75, 3.05) is 11.6 Å². The van der Waals surface area contributed by atoms with Crippen LogP contribution in [0, 0.1) is 5.82 Å². The standard InChI is InChI=1S/C15H18FN3O2S/c1-4-13-14(16)15(18-9-17-13)19-10(2)11-5-7-12(8-6-11)22(3,20)21/h5-10H,4H2,1-3H3,(H,17,18,19). The summed E-state index contributed by atoms with van der Waals surface area (Å²) in [5.41, 5.74) is 1.19. The van der Waals surface area contributed by atoms with Gasteiger partial charge in [-0.2, -0.15) is 0 Å². The fourth-order valence-electron chi connectivity index (χ4n) is 2.05. The van der Waals surface area contributed by atoms with Gasteiger partial charge in [0.15, 0.2) is 21.5 Å². The number of halogens is 1. The van der Waals surface area contributed by atoms with Crippen LogP contribution in [0.2, 0.25) is 0 Å². The number of anilines is 1. The summed E-state index contributed by atoms with van der Waals surface area (Å²) >= 11 is 0. The van der Waals surface area contributed by atoms with Crippen LogP contribution in [0.25, 0.3) is 0 Å². The van der Waals surface area contributed by atoms with Crippen LogP contribution in [0.5, 0.6) is 0 Å². The quantitative estimate of drug-likeness (QED) is 0.916. The first kappa shape index (κ1) is 16.4. The van der Waals surface area contributed by atoms with Gasteiger partial charge >= 0.3 is 0 Å². The summed E-state index contributed by atoms with van der Waals surface area (Å²) in [7, 11) is -3.22. The first-order valence-corrected chi connectivity index (χ1v) is 8.78. The van der Waals surface area contributed by atoms with E-state index in [9.17, 15) is 12.8 Å². The van der Waals surface area contributed by atoms with Gasteiger partial charge in [0, 0.05) is 6.26 Å². The monoisotopic (exact) mass is 323 g/mol. The summed E-state index contributed by atoms with van der Waals surface area (Å²) in [4.78, 5) is 8.05. The van der Waals surface area contributed by atoms with Gasteiger partial charge in [-0.05, 0) is 31.0 Å². The van der Waals surface area contributed by atoms with E-state index in [4.69, 9.17) is 0 Å². The number of benzene rings is 1. The molecule has 1 aromatic heterocycles. The second-order valence-electron chi connectivity index (χ2n) is 5.04. The molecule has 7 heteroatoms. The topological polar surface area (TPSA) is 72.0 Å². The van der Waals surface area contributed by atoms with Crippen LogP contribution >= 0.6 is 0 Å². The van der Waals surface area contributed by atoms with E-state index in [0.29, 0.717) is 12.1 Å². The molecule has 1 heterocycles. The van der Waals surface area contributed by atoms with Crippen LogP contribution in [0.4, 0.5) is 10.2 Å². The number of sulfone groups is 1. The lowest BCUT2D eigenvalue weighted by molar-refractivity contribution is 0.594. The third-order valence-electron chi connectivity index (χ3n) is 3.36. The van der Waals surface area contributed by atoms with Gasteiger partial charge in [-0.1, -0.05) is 19.1 Å². The zero-order valence-electron chi connectivity index (χ0n) is 12.7. The van der Waals surface area contributed by atoms with E-state index in [0.717, 1.165) is 11.8 Å². The Kier molecular flexibility index (Phi) is 4.75. The van der Waals surface area contributed by atoms with Crippen LogP contribution in [0.3, 0.4) is 0 Å². The fourth-order valence-corrected chi connectivity index (χ4v) is 2.68. The number of rotatable bonds is 5. The predicted molar refractivity (Wildman–Crippen MR) is 83.0 cm³/mol. The molecule has 0 saturated heterocycles. The Bertz CT molecular complexity index is 761. The molecule has 0 bridgehead atoms. The Balaban J connectivity index is 2.21. The molecule has 2 aromatic rings. The largest absolute Gasteiger partial charge is 0.361 e. The smallest absolute Gasteiger partial charge is 0.186 e. The highest BCUT2D eigenvalue weighted by atomic mass is 32.2. The van der Waals surface area contributed by atoms with Gasteiger partial charge in [-0.25, -0.2) is 22.8 Å². The summed E-state index contributed by atoms with van der Waals surface area (Å²) in [6, 6.07) is 6.26. The summed E-state index contributed by atoms with van der Waals surface area (Å²) in [5.74, 6) is -0.309. The average Bonchev–Trinajstić information content (AvgIpc) is 2.48. The molecule has 0 radical (unpaired) electrons. The summed E-state index contributed by atoms with van der Waals surface area (Å²) < 4.78 is 37.0. The van der Waals surface area contributed by atoms with Crippen molar-refractivity contribution < 1.29 is 12.8 Å². The molecule has 0 aliphatic heterocycles. The molecule has 1 N–H and O–H groups in total. The SMILES string of the molecule is CCc1ncnc(NC(C)c2ccc(S(C)(=O)=O)cc2)c1F. The highest BCUT2D eigenvalue weighted by Crippen LogP contribution is 2.22. The third kappa shape index (κ3) is 3.59. The van der Waals surface area contributed by atoms with Crippen LogP contribution in [-0.4, -0.2) is 24.6 Å². The number of hydrogen-bond acceptors (Lipinski definition) is 5. The molecule has 0 fully saturated rings. The molecule has 0 saturated carbocycles. The molecule has 118 valence electrons. The molecule has 0 aliphatic carbocycles. The second kappa shape index (κ2) is 6.39. The van der Waals surface area contributed by atoms with Gasteiger partial charge in [0.1, 0.15) is 6.33 Å². The molecule has 5 nitrogen and oxygen atoms in total. The van der Waals surface area contributed by atoms with Crippen molar-refractivity contribution in [3.05, 3.63) is 47.7 Å². The Morgan fingerprint density at radius 3 is 2.41 bits per heavy atom. The first-order valence-electron chi connectivity index (χ1n) is 6.89. The van der Waals surface area contributed by atoms with E-state index >= 15 is 0 Å². The van der Waals surface area contributed by atoms with Crippen molar-refractivity contribution in [1.82, 2.24) is 9.97 Å². The number of aromatic nitrogens is 2. The van der Waals surface area contributed by atoms with Crippen LogP contribution < -0.4 is 5.32 Å². The normalized spacial score (nSPS) is 12.9. The van der Waals surface area contributed by atoms with Crippen molar-refractivity contribution in [1.29, 1.82) is 0 Å². The van der Waals surface area contributed by atoms with E-state index in [-0.39, 0.29) is 16.8 Å². The van der Waals surface area contributed by atoms with E-state index < -0.39 is 15.7 Å². The van der Waals surface area contributed by atoms with E-state index in [1.54, 1.807) is 12.1 Å². The number of aryl methyl sites for hydroxylation is 1. The molecule has 1 atom stereocenters. The third-order valence-corrected chi connectivity index (χ3v) is 4.49. The molecule has 2 rings (SSSR count). The van der Waals surface area contributed by atoms with Crippen LogP contribution in [-0.2, 0) is 16.3 Å². The average molecular weight is 323 g/mol. The Morgan fingerprint density at radius 2 is 1.86 bits per heavy atom. The van der Waals surface area contributed by atoms with Gasteiger partial charge < -0.3 is 5.32 Å². The van der Waals surface area contributed by atoms with Gasteiger partial charge in [0.05, 0.1) is 16.6 Å². The second-order valence-corrected chi connectivity index (χ2v) is 7.06. The van der Waals surface area contributed by atoms with E-state index in [1.165, 1.54) is 18.5 Å². The lowest BCUT2D eigenvalue weighted by Gasteiger charge is -2.16. The Labute approximate surface area is 129 Å². The maximum atomic E-state index is 14.1. The molecule has 1 aromatic carbocycles. The molecule has 22 heavy (non-hydrogen) atoms. The highest BCUT2D eigenvalue weighted by molar-refractivity contribution is 7.90. The lowest BCUT2D eigenvalue weighted by atomic mass is 10.1. The van der Waals surface area contributed by atoms with Gasteiger partial charge in [0.2, 0.25) is 0 Å². The number of nitrogens with zero attached hydrogens (tertiary/aromatic N) is 2. The Morgan fingerprint density at radius 1 is 1.23 bits per heavy atom. The van der Waals surface area contributed by atoms with E-state index in [2.05, 4.69) is 15.3 Å². The fraction of sp³-hybridized carbons (Fsp3) is 0.333. The van der Waals surface area contributed by atoms with Crippen molar-refractivity contribution >= 4 is 15.7 Å². The lowest BCUT2D eigenvalue weighted by Crippen LogP contribution is -2.11. The molecular weight excluding hydrogens is 305 g/mol. The molecule has 0 aliphatic rings. The van der Waals surface area contributed by atoms with E-state index in [1.807, 2.05) is 13.8 Å². The summed E-state index contributed by atoms with van der Waals surface area (Å²) in [6.07, 6.45) is 2.97. The molecular formula is C15H18FN3O2S. The maximum absolute atomic E-state index is 14.1. The van der Waals surface area contributed by atoms with Crippen LogP contribution in [0.15, 0.2) is 35.5 Å². The molecule has 0 amide bonds. The summed E-state index contributed by atoms with van der Waals surface area (Å²) in [6.45, 7) is 3.67. The maximum Gasteiger partial charge on any atom is 0.186 e. The van der Waals surface area contributed by atoms with Crippen molar-refractivity contribution in [3.63, 3.8) is 0 Å². The zero-order valence-corrected chi connectivity index (χ0v) is 13.5. The van der Waals surface area contributed by atoms with Crippen molar-refractivity contribution in [3.8, 4) is 0 Å². The number of hydrogen-bond donors (Lipinski definition) is 1. The summed E-state index contributed by atoms with van der Waals surface area (Å²) in [5, 5.41) is 2.98. The Hall–Kier alpha value is -2.02. The van der Waals surface area contributed by atoms with Crippen molar-refractivity contribution in [2.45, 2.75) is 31.2 Å². The minimum atomic E-state index is -3.22. The van der Waals surface area contributed by atoms with Gasteiger partial charge in [-0.3, -0.25) is 0 Å². The first-order chi connectivity index (χ1) is 10.3. The van der Waals surface area contributed by atoms with Crippen LogP contribution in [0.1, 0.15) is 31.1 Å². The predicted octanol–water partition coefficient (Wildman–Crippen LogP) is 2.75. The number of nitrogens with one attached hydrogen (secondary N) is 1. The molecule has 0 spiro atoms. The van der Waals surface area contributed by atoms with Gasteiger partial charge in [0.25, 0.3) is 0 Å². The highest BCUT2D eigenvalue weighted by Gasteiger charge is 2.14. The van der Waals surface area contributed by atoms with Gasteiger partial charge in [-0.15, -0.1) is 0 Å².